The topological polar surface area (TPSA) is 29.1 Å². The highest BCUT2D eigenvalue weighted by molar-refractivity contribution is 9.09. The van der Waals surface area contributed by atoms with Crippen molar-refractivity contribution in [2.45, 2.75) is 25.7 Å². The third kappa shape index (κ3) is 3.18. The van der Waals surface area contributed by atoms with Crippen molar-refractivity contribution in [1.82, 2.24) is 0 Å². The van der Waals surface area contributed by atoms with E-state index in [9.17, 15) is 4.79 Å². The van der Waals surface area contributed by atoms with E-state index in [1.54, 1.807) is 0 Å². The zero-order valence-corrected chi connectivity index (χ0v) is 13.4. The minimum Gasteiger partial charge on any atom is -0.326 e. The summed E-state index contributed by atoms with van der Waals surface area (Å²) in [5.74, 6) is 0.103. The zero-order chi connectivity index (χ0) is 14.7. The van der Waals surface area contributed by atoms with Gasteiger partial charge in [0, 0.05) is 17.4 Å². The van der Waals surface area contributed by atoms with Gasteiger partial charge in [-0.25, -0.2) is 0 Å². The van der Waals surface area contributed by atoms with Crippen LogP contribution in [0.3, 0.4) is 0 Å². The molecule has 0 radical (unpaired) electrons. The Labute approximate surface area is 133 Å². The Kier molecular flexibility index (Phi) is 4.39. The number of benzene rings is 2. The van der Waals surface area contributed by atoms with Gasteiger partial charge in [-0.3, -0.25) is 4.79 Å². The molecule has 2 aromatic carbocycles. The number of carbonyl (C=O) groups excluding carboxylic acids is 1. The van der Waals surface area contributed by atoms with Gasteiger partial charge in [0.2, 0.25) is 5.91 Å². The van der Waals surface area contributed by atoms with Gasteiger partial charge in [-0.1, -0.05) is 46.3 Å². The van der Waals surface area contributed by atoms with Crippen molar-refractivity contribution in [3.05, 3.63) is 53.6 Å². The first kappa shape index (κ1) is 14.3. The molecule has 0 unspecified atom stereocenters. The maximum absolute atomic E-state index is 11.9. The van der Waals surface area contributed by atoms with Gasteiger partial charge in [0.25, 0.3) is 0 Å². The molecular formula is C18H18BrNO. The zero-order valence-electron chi connectivity index (χ0n) is 11.9. The lowest BCUT2D eigenvalue weighted by atomic mass is 10.1. The smallest absolute Gasteiger partial charge is 0.224 e. The van der Waals surface area contributed by atoms with E-state index in [1.165, 1.54) is 22.3 Å². The minimum absolute atomic E-state index is 0.103. The summed E-state index contributed by atoms with van der Waals surface area (Å²) < 4.78 is 0. The second-order valence-electron chi connectivity index (χ2n) is 5.40. The molecule has 0 aromatic heterocycles. The second-order valence-corrected chi connectivity index (χ2v) is 6.19. The third-order valence-corrected chi connectivity index (χ3v) is 4.43. The molecule has 0 spiro atoms. The van der Waals surface area contributed by atoms with Gasteiger partial charge in [0.05, 0.1) is 0 Å². The Balaban J connectivity index is 1.71. The van der Waals surface area contributed by atoms with Crippen LogP contribution in [0.4, 0.5) is 5.69 Å². The van der Waals surface area contributed by atoms with Gasteiger partial charge in [-0.2, -0.15) is 0 Å². The van der Waals surface area contributed by atoms with E-state index >= 15 is 0 Å². The van der Waals surface area contributed by atoms with Crippen molar-refractivity contribution in [3.63, 3.8) is 0 Å². The van der Waals surface area contributed by atoms with Gasteiger partial charge in [-0.05, 0) is 53.6 Å². The summed E-state index contributed by atoms with van der Waals surface area (Å²) in [5.41, 5.74) is 6.19. The Morgan fingerprint density at radius 1 is 1.05 bits per heavy atom. The van der Waals surface area contributed by atoms with Crippen LogP contribution in [0.15, 0.2) is 42.5 Å². The molecule has 108 valence electrons. The van der Waals surface area contributed by atoms with Crippen LogP contribution in [-0.4, -0.2) is 11.2 Å². The summed E-state index contributed by atoms with van der Waals surface area (Å²) >= 11 is 3.38. The molecule has 2 aromatic rings. The average Bonchev–Trinajstić information content (AvgIpc) is 2.85. The number of alkyl halides is 1. The highest BCUT2D eigenvalue weighted by Gasteiger charge is 2.18. The molecule has 1 N–H and O–H groups in total. The van der Waals surface area contributed by atoms with Crippen LogP contribution >= 0.6 is 15.9 Å². The van der Waals surface area contributed by atoms with Crippen LogP contribution in [0, 0.1) is 0 Å². The number of fused-ring (bicyclic) bond motifs is 3. The molecule has 1 amide bonds. The van der Waals surface area contributed by atoms with Gasteiger partial charge in [0.15, 0.2) is 0 Å². The number of amides is 1. The Bertz CT molecular complexity index is 666. The Morgan fingerprint density at radius 2 is 1.86 bits per heavy atom. The Hall–Kier alpha value is -1.61. The molecule has 0 heterocycles. The van der Waals surface area contributed by atoms with Crippen LogP contribution in [0.25, 0.3) is 11.1 Å². The van der Waals surface area contributed by atoms with E-state index in [4.69, 9.17) is 0 Å². The number of hydrogen-bond donors (Lipinski definition) is 1. The van der Waals surface area contributed by atoms with Crippen LogP contribution in [0.2, 0.25) is 0 Å². The first-order valence-electron chi connectivity index (χ1n) is 7.35. The number of hydrogen-bond acceptors (Lipinski definition) is 1. The molecule has 3 heteroatoms. The van der Waals surface area contributed by atoms with Crippen molar-refractivity contribution in [1.29, 1.82) is 0 Å². The largest absolute Gasteiger partial charge is 0.326 e. The van der Waals surface area contributed by atoms with E-state index in [0.717, 1.165) is 30.3 Å². The molecule has 1 aliphatic carbocycles. The summed E-state index contributed by atoms with van der Waals surface area (Å²) in [5, 5.41) is 3.96. The average molecular weight is 344 g/mol. The van der Waals surface area contributed by atoms with Crippen LogP contribution < -0.4 is 5.32 Å². The maximum Gasteiger partial charge on any atom is 0.224 e. The first-order valence-corrected chi connectivity index (χ1v) is 8.47. The molecule has 0 saturated carbocycles. The van der Waals surface area contributed by atoms with Gasteiger partial charge >= 0.3 is 0 Å². The van der Waals surface area contributed by atoms with Crippen molar-refractivity contribution in [2.24, 2.45) is 0 Å². The maximum atomic E-state index is 11.9. The molecular weight excluding hydrogens is 326 g/mol. The number of carbonyl (C=O) groups is 1. The molecule has 0 atom stereocenters. The van der Waals surface area contributed by atoms with Crippen molar-refractivity contribution in [3.8, 4) is 11.1 Å². The lowest BCUT2D eigenvalue weighted by molar-refractivity contribution is -0.116. The molecule has 0 saturated heterocycles. The SMILES string of the molecule is O=C(CCCCBr)Nc1ccc2c(c1)Cc1ccccc1-2. The fourth-order valence-corrected chi connectivity index (χ4v) is 3.22. The summed E-state index contributed by atoms with van der Waals surface area (Å²) in [4.78, 5) is 11.9. The number of rotatable bonds is 5. The second kappa shape index (κ2) is 6.44. The summed E-state index contributed by atoms with van der Waals surface area (Å²) in [6, 6.07) is 14.7. The van der Waals surface area contributed by atoms with Gasteiger partial charge in [0.1, 0.15) is 0 Å². The number of halogens is 1. The molecule has 2 nitrogen and oxygen atoms in total. The molecule has 0 bridgehead atoms. The van der Waals surface area contributed by atoms with Crippen molar-refractivity contribution in [2.75, 3.05) is 10.6 Å². The number of unbranched alkanes of at least 4 members (excludes halogenated alkanes) is 1. The van der Waals surface area contributed by atoms with E-state index in [-0.39, 0.29) is 5.91 Å². The van der Waals surface area contributed by atoms with E-state index in [2.05, 4.69) is 57.6 Å². The predicted octanol–water partition coefficient (Wildman–Crippen LogP) is 4.76. The Morgan fingerprint density at radius 3 is 2.71 bits per heavy atom. The van der Waals surface area contributed by atoms with Crippen molar-refractivity contribution < 1.29 is 4.79 Å². The molecule has 0 fully saturated rings. The van der Waals surface area contributed by atoms with Gasteiger partial charge < -0.3 is 5.32 Å². The number of nitrogens with one attached hydrogen (secondary N) is 1. The molecule has 0 aliphatic heterocycles. The summed E-state index contributed by atoms with van der Waals surface area (Å²) in [6.07, 6.45) is 3.50. The number of anilines is 1. The lowest BCUT2D eigenvalue weighted by Gasteiger charge is -2.07. The summed E-state index contributed by atoms with van der Waals surface area (Å²) in [7, 11) is 0. The van der Waals surface area contributed by atoms with E-state index in [1.807, 2.05) is 6.07 Å². The fraction of sp³-hybridized carbons (Fsp3) is 0.278. The normalized spacial score (nSPS) is 11.9. The first-order chi connectivity index (χ1) is 10.3. The highest BCUT2D eigenvalue weighted by Crippen LogP contribution is 2.37. The monoisotopic (exact) mass is 343 g/mol. The van der Waals surface area contributed by atoms with E-state index < -0.39 is 0 Å². The quantitative estimate of drug-likeness (QED) is 0.525. The standard InChI is InChI=1S/C18H18BrNO/c19-10-4-3-7-18(21)20-15-8-9-17-14(12-15)11-13-5-1-2-6-16(13)17/h1-2,5-6,8-9,12H,3-4,7,10-11H2,(H,20,21). The van der Waals surface area contributed by atoms with Crippen LogP contribution in [0.1, 0.15) is 30.4 Å². The molecule has 3 rings (SSSR count). The lowest BCUT2D eigenvalue weighted by Crippen LogP contribution is -2.11. The van der Waals surface area contributed by atoms with Crippen molar-refractivity contribution >= 4 is 27.5 Å². The minimum atomic E-state index is 0.103. The fourth-order valence-electron chi connectivity index (χ4n) is 2.83. The molecule has 21 heavy (non-hydrogen) atoms. The highest BCUT2D eigenvalue weighted by atomic mass is 79.9. The predicted molar refractivity (Wildman–Crippen MR) is 91.0 cm³/mol. The summed E-state index contributed by atoms with van der Waals surface area (Å²) in [6.45, 7) is 0. The van der Waals surface area contributed by atoms with Crippen LogP contribution in [-0.2, 0) is 11.2 Å². The molecule has 1 aliphatic rings. The van der Waals surface area contributed by atoms with Gasteiger partial charge in [-0.15, -0.1) is 0 Å². The third-order valence-electron chi connectivity index (χ3n) is 3.86. The van der Waals surface area contributed by atoms with E-state index in [0.29, 0.717) is 6.42 Å². The van der Waals surface area contributed by atoms with Crippen LogP contribution in [0.5, 0.6) is 0 Å².